The lowest BCUT2D eigenvalue weighted by atomic mass is 9.96. The van der Waals surface area contributed by atoms with Crippen LogP contribution in [-0.4, -0.2) is 114 Å². The van der Waals surface area contributed by atoms with Crippen LogP contribution in [0.4, 0.5) is 14.5 Å². The Labute approximate surface area is 351 Å². The van der Waals surface area contributed by atoms with E-state index < -0.39 is 17.7 Å². The number of halogens is 2. The minimum Gasteiger partial charge on any atom is -0.497 e. The van der Waals surface area contributed by atoms with E-state index in [-0.39, 0.29) is 47.7 Å². The average Bonchev–Trinajstić information content (AvgIpc) is 4.04. The maximum atomic E-state index is 14.8. The van der Waals surface area contributed by atoms with Gasteiger partial charge in [-0.2, -0.15) is 14.6 Å². The molecule has 4 aromatic heterocycles. The first-order valence-electron chi connectivity index (χ1n) is 19.5. The van der Waals surface area contributed by atoms with Gasteiger partial charge >= 0.3 is 0 Å². The molecule has 14 nitrogen and oxygen atoms in total. The van der Waals surface area contributed by atoms with E-state index in [2.05, 4.69) is 48.9 Å². The first-order chi connectivity index (χ1) is 28.6. The van der Waals surface area contributed by atoms with Crippen LogP contribution in [0.1, 0.15) is 73.2 Å². The Morgan fingerprint density at radius 2 is 1.73 bits per heavy atom. The number of hydrogen-bond donors (Lipinski definition) is 3. The van der Waals surface area contributed by atoms with Crippen molar-refractivity contribution in [2.45, 2.75) is 62.8 Å². The molecular weight excluding hydrogens is 801 g/mol. The molecule has 18 heteroatoms. The molecule has 2 aliphatic rings. The minimum absolute atomic E-state index is 0.0456. The maximum absolute atomic E-state index is 14.8. The molecule has 0 bridgehead atoms. The van der Waals surface area contributed by atoms with Gasteiger partial charge in [0.05, 0.1) is 23.7 Å². The standard InChI is InChI=1S/C33H39F2N9O3S.C6H6OS.C2H6O/c1-22(47-17-16-42-14-12-41(2)13-15-42)8-11-29(45)44-19-23(18-36-44)33-38-27(21-48-33)32(46)37-26-20-43(24-6-4-3-5-7-24)40-31(26)30-25(34)9-10-28(35)39-30;7-8-6-4-2-1-3-5-6;1-2-3/h9-10,18-21,24H,1,3-8,11-17H2,2H3,(H,37,46);1-5,7H;3H,2H2,1H3. The number of anilines is 1. The lowest BCUT2D eigenvalue weighted by Crippen LogP contribution is -2.45. The zero-order valence-corrected chi connectivity index (χ0v) is 34.9. The summed E-state index contributed by atoms with van der Waals surface area (Å²) in [4.78, 5) is 39.9. The minimum atomic E-state index is -0.853. The van der Waals surface area contributed by atoms with E-state index in [1.165, 1.54) is 22.2 Å². The number of pyridine rings is 1. The quantitative estimate of drug-likeness (QED) is 0.0601. The molecule has 1 saturated heterocycles. The van der Waals surface area contributed by atoms with Gasteiger partial charge in [0.25, 0.3) is 5.91 Å². The van der Waals surface area contributed by atoms with Gasteiger partial charge in [0.15, 0.2) is 5.82 Å². The van der Waals surface area contributed by atoms with E-state index in [9.17, 15) is 18.4 Å². The van der Waals surface area contributed by atoms with Crippen molar-refractivity contribution in [3.05, 3.63) is 96.2 Å². The highest BCUT2D eigenvalue weighted by Crippen LogP contribution is 2.34. The molecule has 1 aliphatic carbocycles. The number of amides is 1. The Kier molecular flexibility index (Phi) is 17.7. The average molecular weight is 852 g/mol. The Morgan fingerprint density at radius 1 is 1.00 bits per heavy atom. The zero-order valence-electron chi connectivity index (χ0n) is 33.3. The second kappa shape index (κ2) is 23.1. The molecule has 5 heterocycles. The molecule has 316 valence electrons. The number of nitrogens with one attached hydrogen (secondary N) is 1. The third-order valence-electron chi connectivity index (χ3n) is 9.56. The van der Waals surface area contributed by atoms with Crippen LogP contribution in [-0.2, 0) is 4.74 Å². The summed E-state index contributed by atoms with van der Waals surface area (Å²) < 4.78 is 45.9. The SMILES string of the molecule is C=C(CCC(=O)n1cc(-c2nc(C(=O)Nc3cn(C4CCCCC4)nc3-c3nc(F)ccc3F)cs2)cn1)OCCN1CCN(C)CC1.CCO.OSc1ccccc1. The van der Waals surface area contributed by atoms with Gasteiger partial charge in [0.1, 0.15) is 28.7 Å². The molecular formula is C41H51F2N9O5S2. The highest BCUT2D eigenvalue weighted by atomic mass is 32.2. The topological polar surface area (TPSA) is 164 Å². The number of aliphatic hydroxyl groups is 1. The molecule has 2 fully saturated rings. The molecule has 1 aromatic carbocycles. The molecule has 7 rings (SSSR count). The van der Waals surface area contributed by atoms with Crippen molar-refractivity contribution >= 4 is 40.9 Å². The summed E-state index contributed by atoms with van der Waals surface area (Å²) in [6.45, 7) is 11.4. The number of rotatable bonds is 13. The van der Waals surface area contributed by atoms with E-state index in [4.69, 9.17) is 14.4 Å². The van der Waals surface area contributed by atoms with Crippen molar-refractivity contribution < 1.29 is 32.8 Å². The molecule has 5 aromatic rings. The predicted octanol–water partition coefficient (Wildman–Crippen LogP) is 7.75. The summed E-state index contributed by atoms with van der Waals surface area (Å²) in [5, 5.41) is 21.2. The third-order valence-corrected chi connectivity index (χ3v) is 10.9. The van der Waals surface area contributed by atoms with Crippen LogP contribution in [0.5, 0.6) is 0 Å². The van der Waals surface area contributed by atoms with Crippen molar-refractivity contribution in [3.8, 4) is 22.0 Å². The van der Waals surface area contributed by atoms with E-state index in [1.807, 2.05) is 30.3 Å². The van der Waals surface area contributed by atoms with Crippen LogP contribution in [0.25, 0.3) is 22.0 Å². The molecule has 59 heavy (non-hydrogen) atoms. The largest absolute Gasteiger partial charge is 0.497 e. The number of likely N-dealkylation sites (N-methyl/N-ethyl adjacent to an activating group) is 1. The van der Waals surface area contributed by atoms with Gasteiger partial charge in [0.2, 0.25) is 11.9 Å². The van der Waals surface area contributed by atoms with E-state index in [1.54, 1.807) is 29.4 Å². The van der Waals surface area contributed by atoms with Gasteiger partial charge in [-0.3, -0.25) is 19.2 Å². The third kappa shape index (κ3) is 13.6. The lowest BCUT2D eigenvalue weighted by molar-refractivity contribution is 0.0866. The monoisotopic (exact) mass is 851 g/mol. The number of thiazole rings is 1. The van der Waals surface area contributed by atoms with Crippen LogP contribution in [0.15, 0.2) is 83.7 Å². The van der Waals surface area contributed by atoms with Crippen LogP contribution in [0.3, 0.4) is 0 Å². The number of carbonyl (C=O) groups excluding carboxylic acids is 2. The number of benzene rings is 1. The lowest BCUT2D eigenvalue weighted by Gasteiger charge is -2.32. The van der Waals surface area contributed by atoms with E-state index in [0.29, 0.717) is 29.4 Å². The summed E-state index contributed by atoms with van der Waals surface area (Å²) >= 11 is 1.99. The molecule has 0 spiro atoms. The fourth-order valence-electron chi connectivity index (χ4n) is 6.35. The summed E-state index contributed by atoms with van der Waals surface area (Å²) in [6, 6.07) is 11.4. The number of piperazine rings is 1. The number of aromatic nitrogens is 6. The van der Waals surface area contributed by atoms with Crippen LogP contribution in [0, 0.1) is 11.8 Å². The molecule has 0 radical (unpaired) electrons. The normalized spacial score (nSPS) is 14.7. The number of aliphatic hydroxyl groups excluding tert-OH is 1. The van der Waals surface area contributed by atoms with Gasteiger partial charge in [-0.1, -0.05) is 44.0 Å². The van der Waals surface area contributed by atoms with Crippen LogP contribution >= 0.6 is 23.4 Å². The highest BCUT2D eigenvalue weighted by molar-refractivity contribution is 7.93. The van der Waals surface area contributed by atoms with Gasteiger partial charge in [0, 0.05) is 92.4 Å². The zero-order chi connectivity index (χ0) is 42.1. The van der Waals surface area contributed by atoms with E-state index >= 15 is 0 Å². The molecule has 1 aliphatic heterocycles. The van der Waals surface area contributed by atoms with Gasteiger partial charge in [-0.15, -0.1) is 11.3 Å². The molecule has 0 unspecified atom stereocenters. The van der Waals surface area contributed by atoms with E-state index in [0.717, 1.165) is 93.9 Å². The Balaban J connectivity index is 0.000000526. The molecule has 3 N–H and O–H groups in total. The van der Waals surface area contributed by atoms with Crippen LogP contribution in [0.2, 0.25) is 0 Å². The Bertz CT molecular complexity index is 2100. The van der Waals surface area contributed by atoms with Crippen molar-refractivity contribution in [2.75, 3.05) is 58.3 Å². The first kappa shape index (κ1) is 45.2. The summed E-state index contributed by atoms with van der Waals surface area (Å²) in [5.41, 5.74) is 0.663. The fraction of sp³-hybridized carbons (Fsp3) is 0.415. The first-order valence-corrected chi connectivity index (χ1v) is 21.2. The van der Waals surface area contributed by atoms with Gasteiger partial charge in [-0.25, -0.2) is 19.0 Å². The van der Waals surface area contributed by atoms with Gasteiger partial charge in [-0.05, 0) is 51.1 Å². The number of hydrogen-bond acceptors (Lipinski definition) is 13. The Morgan fingerprint density at radius 3 is 2.42 bits per heavy atom. The van der Waals surface area contributed by atoms with Crippen molar-refractivity contribution in [3.63, 3.8) is 0 Å². The number of ether oxygens (including phenoxy) is 1. The predicted molar refractivity (Wildman–Crippen MR) is 225 cm³/mol. The second-order valence-corrected chi connectivity index (χ2v) is 15.5. The number of nitrogens with zero attached hydrogens (tertiary/aromatic N) is 8. The summed E-state index contributed by atoms with van der Waals surface area (Å²) in [6.07, 6.45) is 10.3. The Hall–Kier alpha value is -4.85. The van der Waals surface area contributed by atoms with Gasteiger partial charge < -0.3 is 24.6 Å². The fourth-order valence-corrected chi connectivity index (χ4v) is 7.40. The van der Waals surface area contributed by atoms with Crippen molar-refractivity contribution in [2.24, 2.45) is 0 Å². The smallest absolute Gasteiger partial charge is 0.275 e. The summed E-state index contributed by atoms with van der Waals surface area (Å²) in [5.74, 6) is -1.81. The van der Waals surface area contributed by atoms with Crippen LogP contribution < -0.4 is 5.32 Å². The molecule has 1 saturated carbocycles. The van der Waals surface area contributed by atoms with Crippen molar-refractivity contribution in [1.29, 1.82) is 0 Å². The number of allylic oxidation sites excluding steroid dienone is 1. The maximum Gasteiger partial charge on any atom is 0.275 e. The molecule has 1 amide bonds. The molecule has 0 atom stereocenters. The number of carbonyl (C=O) groups is 2. The highest BCUT2D eigenvalue weighted by Gasteiger charge is 2.25. The second-order valence-electron chi connectivity index (χ2n) is 13.9. The van der Waals surface area contributed by atoms with Crippen molar-refractivity contribution in [1.82, 2.24) is 39.3 Å². The summed E-state index contributed by atoms with van der Waals surface area (Å²) in [7, 11) is 2.12.